The molecule has 2 saturated heterocycles. The number of likely N-dealkylation sites (tertiary alicyclic amines) is 2. The highest BCUT2D eigenvalue weighted by molar-refractivity contribution is 4.74. The van der Waals surface area contributed by atoms with Crippen molar-refractivity contribution in [1.29, 1.82) is 0 Å². The summed E-state index contributed by atoms with van der Waals surface area (Å²) in [5.74, 6) is 1.83. The molecule has 0 spiro atoms. The van der Waals surface area contributed by atoms with Gasteiger partial charge in [0.25, 0.3) is 0 Å². The highest BCUT2D eigenvalue weighted by atomic mass is 16.5. The lowest BCUT2D eigenvalue weighted by Crippen LogP contribution is -2.42. The lowest BCUT2D eigenvalue weighted by Gasteiger charge is -2.35. The zero-order valence-corrected chi connectivity index (χ0v) is 14.7. The Morgan fingerprint density at radius 3 is 1.43 bits per heavy atom. The highest BCUT2D eigenvalue weighted by Crippen LogP contribution is 2.18. The molecule has 2 rings (SSSR count). The summed E-state index contributed by atoms with van der Waals surface area (Å²) >= 11 is 0. The molecule has 2 aliphatic rings. The molecule has 0 N–H and O–H groups in total. The van der Waals surface area contributed by atoms with E-state index in [1.54, 1.807) is 0 Å². The SMILES string of the molecule is CC1CCN(CC(C)OC(C)CN2CCC(C)CC2)CC1. The molecule has 0 aromatic heterocycles. The average Bonchev–Trinajstić information content (AvgIpc) is 2.44. The first-order chi connectivity index (χ1) is 10.0. The van der Waals surface area contributed by atoms with Crippen LogP contribution in [-0.4, -0.2) is 61.3 Å². The number of hydrogen-bond acceptors (Lipinski definition) is 3. The summed E-state index contributed by atoms with van der Waals surface area (Å²) in [6.45, 7) is 16.5. The number of piperidine rings is 2. The van der Waals surface area contributed by atoms with E-state index in [1.807, 2.05) is 0 Å². The summed E-state index contributed by atoms with van der Waals surface area (Å²) < 4.78 is 6.23. The van der Waals surface area contributed by atoms with Gasteiger partial charge in [0.05, 0.1) is 12.2 Å². The topological polar surface area (TPSA) is 15.7 Å². The second-order valence-electron chi connectivity index (χ2n) is 7.72. The van der Waals surface area contributed by atoms with Crippen LogP contribution >= 0.6 is 0 Å². The van der Waals surface area contributed by atoms with E-state index in [2.05, 4.69) is 37.5 Å². The minimum Gasteiger partial charge on any atom is -0.373 e. The first-order valence-electron chi connectivity index (χ1n) is 9.13. The van der Waals surface area contributed by atoms with E-state index in [0.717, 1.165) is 24.9 Å². The van der Waals surface area contributed by atoms with Crippen LogP contribution < -0.4 is 0 Å². The Balaban J connectivity index is 1.61. The third-order valence-corrected chi connectivity index (χ3v) is 5.25. The zero-order chi connectivity index (χ0) is 15.2. The molecule has 0 radical (unpaired) electrons. The molecule has 0 aromatic rings. The van der Waals surface area contributed by atoms with Crippen LogP contribution in [-0.2, 0) is 4.74 Å². The van der Waals surface area contributed by atoms with Crippen molar-refractivity contribution in [2.75, 3.05) is 39.3 Å². The van der Waals surface area contributed by atoms with E-state index >= 15 is 0 Å². The molecule has 124 valence electrons. The maximum absolute atomic E-state index is 6.23. The van der Waals surface area contributed by atoms with Crippen molar-refractivity contribution in [2.45, 2.75) is 65.6 Å². The first-order valence-corrected chi connectivity index (χ1v) is 9.13. The highest BCUT2D eigenvalue weighted by Gasteiger charge is 2.21. The zero-order valence-electron chi connectivity index (χ0n) is 14.7. The second-order valence-corrected chi connectivity index (χ2v) is 7.72. The van der Waals surface area contributed by atoms with E-state index in [9.17, 15) is 0 Å². The van der Waals surface area contributed by atoms with Crippen molar-refractivity contribution >= 4 is 0 Å². The number of hydrogen-bond donors (Lipinski definition) is 0. The Morgan fingerprint density at radius 1 is 0.762 bits per heavy atom. The smallest absolute Gasteiger partial charge is 0.0678 e. The molecule has 0 amide bonds. The monoisotopic (exact) mass is 296 g/mol. The van der Waals surface area contributed by atoms with Gasteiger partial charge in [-0.1, -0.05) is 13.8 Å². The first kappa shape index (κ1) is 17.2. The van der Waals surface area contributed by atoms with Crippen LogP contribution in [0.25, 0.3) is 0 Å². The van der Waals surface area contributed by atoms with Gasteiger partial charge < -0.3 is 14.5 Å². The molecule has 3 nitrogen and oxygen atoms in total. The Morgan fingerprint density at radius 2 is 1.10 bits per heavy atom. The van der Waals surface area contributed by atoms with E-state index in [4.69, 9.17) is 4.74 Å². The predicted molar refractivity (Wildman–Crippen MR) is 89.7 cm³/mol. The van der Waals surface area contributed by atoms with Gasteiger partial charge in [0.2, 0.25) is 0 Å². The summed E-state index contributed by atoms with van der Waals surface area (Å²) in [4.78, 5) is 5.17. The van der Waals surface area contributed by atoms with E-state index in [1.165, 1.54) is 51.9 Å². The van der Waals surface area contributed by atoms with Crippen molar-refractivity contribution in [2.24, 2.45) is 11.8 Å². The van der Waals surface area contributed by atoms with E-state index < -0.39 is 0 Å². The van der Waals surface area contributed by atoms with Crippen molar-refractivity contribution in [3.8, 4) is 0 Å². The average molecular weight is 296 g/mol. The summed E-state index contributed by atoms with van der Waals surface area (Å²) in [6.07, 6.45) is 6.14. The van der Waals surface area contributed by atoms with Gasteiger partial charge in [0.1, 0.15) is 0 Å². The summed E-state index contributed by atoms with van der Waals surface area (Å²) in [5, 5.41) is 0. The molecule has 0 aliphatic carbocycles. The number of rotatable bonds is 6. The molecular weight excluding hydrogens is 260 g/mol. The fourth-order valence-corrected chi connectivity index (χ4v) is 3.70. The Kier molecular flexibility index (Phi) is 6.97. The van der Waals surface area contributed by atoms with Crippen molar-refractivity contribution in [1.82, 2.24) is 9.80 Å². The molecule has 0 bridgehead atoms. The van der Waals surface area contributed by atoms with Crippen LogP contribution in [0.15, 0.2) is 0 Å². The van der Waals surface area contributed by atoms with Gasteiger partial charge in [-0.05, 0) is 77.5 Å². The normalized spacial score (nSPS) is 26.9. The minimum absolute atomic E-state index is 0.358. The molecule has 21 heavy (non-hydrogen) atoms. The van der Waals surface area contributed by atoms with Crippen molar-refractivity contribution in [3.63, 3.8) is 0 Å². The second kappa shape index (κ2) is 8.50. The standard InChI is InChI=1S/C18H36N2O/c1-15-5-9-19(10-6-15)13-17(3)21-18(4)14-20-11-7-16(2)8-12-20/h15-18H,5-14H2,1-4H3. The fraction of sp³-hybridized carbons (Fsp3) is 1.00. The van der Waals surface area contributed by atoms with Gasteiger partial charge in [0.15, 0.2) is 0 Å². The lowest BCUT2D eigenvalue weighted by atomic mass is 9.99. The third-order valence-electron chi connectivity index (χ3n) is 5.25. The molecule has 2 aliphatic heterocycles. The quantitative estimate of drug-likeness (QED) is 0.748. The molecule has 2 unspecified atom stereocenters. The summed E-state index contributed by atoms with van der Waals surface area (Å²) in [5.41, 5.74) is 0. The van der Waals surface area contributed by atoms with Gasteiger partial charge in [-0.3, -0.25) is 0 Å². The predicted octanol–water partition coefficient (Wildman–Crippen LogP) is 3.24. The van der Waals surface area contributed by atoms with Crippen LogP contribution in [0.3, 0.4) is 0 Å². The molecule has 0 saturated carbocycles. The van der Waals surface area contributed by atoms with Gasteiger partial charge in [-0.25, -0.2) is 0 Å². The minimum atomic E-state index is 0.358. The van der Waals surface area contributed by atoms with Gasteiger partial charge in [0, 0.05) is 13.1 Å². The summed E-state index contributed by atoms with van der Waals surface area (Å²) in [7, 11) is 0. The molecule has 2 atom stereocenters. The molecule has 0 aromatic carbocycles. The molecule has 2 heterocycles. The maximum Gasteiger partial charge on any atom is 0.0678 e. The maximum atomic E-state index is 6.23. The van der Waals surface area contributed by atoms with Gasteiger partial charge in [-0.2, -0.15) is 0 Å². The molecule has 3 heteroatoms. The number of nitrogens with zero attached hydrogens (tertiary/aromatic N) is 2. The van der Waals surface area contributed by atoms with Crippen molar-refractivity contribution in [3.05, 3.63) is 0 Å². The third kappa shape index (κ3) is 6.25. The lowest BCUT2D eigenvalue weighted by molar-refractivity contribution is -0.0317. The van der Waals surface area contributed by atoms with E-state index in [-0.39, 0.29) is 0 Å². The van der Waals surface area contributed by atoms with Crippen molar-refractivity contribution < 1.29 is 4.74 Å². The van der Waals surface area contributed by atoms with Crippen LogP contribution in [0, 0.1) is 11.8 Å². The fourth-order valence-electron chi connectivity index (χ4n) is 3.70. The Hall–Kier alpha value is -0.120. The van der Waals surface area contributed by atoms with Crippen LogP contribution in [0.1, 0.15) is 53.4 Å². The van der Waals surface area contributed by atoms with Gasteiger partial charge >= 0.3 is 0 Å². The number of ether oxygens (including phenoxy) is 1. The van der Waals surface area contributed by atoms with Crippen LogP contribution in [0.2, 0.25) is 0 Å². The molecule has 2 fully saturated rings. The Bertz CT molecular complexity index is 253. The van der Waals surface area contributed by atoms with Crippen LogP contribution in [0.5, 0.6) is 0 Å². The largest absolute Gasteiger partial charge is 0.373 e. The van der Waals surface area contributed by atoms with E-state index in [0.29, 0.717) is 12.2 Å². The van der Waals surface area contributed by atoms with Crippen LogP contribution in [0.4, 0.5) is 0 Å². The summed E-state index contributed by atoms with van der Waals surface area (Å²) in [6, 6.07) is 0. The Labute approximate surface area is 132 Å². The van der Waals surface area contributed by atoms with Gasteiger partial charge in [-0.15, -0.1) is 0 Å². The molecular formula is C18H36N2O.